The van der Waals surface area contributed by atoms with E-state index < -0.39 is 0 Å². The van der Waals surface area contributed by atoms with Crippen LogP contribution in [0.3, 0.4) is 0 Å². The Hall–Kier alpha value is -2.00. The Kier molecular flexibility index (Phi) is 4.07. The summed E-state index contributed by atoms with van der Waals surface area (Å²) < 4.78 is 5.66. The number of hydrogen-bond donors (Lipinski definition) is 2. The standard InChI is InChI=1S/C13H19N5O/c1-18-4-2-3-9(7-18)8-19-13-10(6-14)11(15)5-12(16)17-13/h5,9H,2-4,7-8H2,1H3,(H4,15,16,17). The number of rotatable bonds is 3. The van der Waals surface area contributed by atoms with Crippen LogP contribution in [0.2, 0.25) is 0 Å². The third-order valence-corrected chi connectivity index (χ3v) is 3.33. The average Bonchev–Trinajstić information content (AvgIpc) is 2.36. The van der Waals surface area contributed by atoms with E-state index in [9.17, 15) is 0 Å². The molecule has 0 aliphatic carbocycles. The summed E-state index contributed by atoms with van der Waals surface area (Å²) in [5.41, 5.74) is 11.9. The van der Waals surface area contributed by atoms with E-state index in [0.717, 1.165) is 19.5 Å². The predicted molar refractivity (Wildman–Crippen MR) is 73.5 cm³/mol. The van der Waals surface area contributed by atoms with Crippen molar-refractivity contribution >= 4 is 11.5 Å². The van der Waals surface area contributed by atoms with Crippen molar-refractivity contribution in [1.29, 1.82) is 5.26 Å². The number of ether oxygens (including phenoxy) is 1. The van der Waals surface area contributed by atoms with Crippen molar-refractivity contribution in [3.05, 3.63) is 11.6 Å². The van der Waals surface area contributed by atoms with Crippen molar-refractivity contribution in [3.63, 3.8) is 0 Å². The fourth-order valence-corrected chi connectivity index (χ4v) is 2.38. The van der Waals surface area contributed by atoms with Crippen molar-refractivity contribution in [2.45, 2.75) is 12.8 Å². The number of nitrogens with two attached hydrogens (primary N) is 2. The molecule has 0 amide bonds. The monoisotopic (exact) mass is 261 g/mol. The van der Waals surface area contributed by atoms with Crippen molar-refractivity contribution in [3.8, 4) is 11.9 Å². The lowest BCUT2D eigenvalue weighted by molar-refractivity contribution is 0.147. The number of likely N-dealkylation sites (tertiary alicyclic amines) is 1. The highest BCUT2D eigenvalue weighted by Crippen LogP contribution is 2.25. The highest BCUT2D eigenvalue weighted by atomic mass is 16.5. The Morgan fingerprint density at radius 1 is 1.58 bits per heavy atom. The Balaban J connectivity index is 2.05. The summed E-state index contributed by atoms with van der Waals surface area (Å²) in [6.07, 6.45) is 2.30. The number of aromatic nitrogens is 1. The average molecular weight is 261 g/mol. The maximum Gasteiger partial charge on any atom is 0.235 e. The summed E-state index contributed by atoms with van der Waals surface area (Å²) in [5.74, 6) is 0.968. The molecule has 1 aliphatic heterocycles. The zero-order valence-corrected chi connectivity index (χ0v) is 11.1. The normalized spacial score (nSPS) is 19.9. The van der Waals surface area contributed by atoms with Crippen molar-refractivity contribution in [1.82, 2.24) is 9.88 Å². The third-order valence-electron chi connectivity index (χ3n) is 3.33. The van der Waals surface area contributed by atoms with Gasteiger partial charge in [0.2, 0.25) is 5.88 Å². The van der Waals surface area contributed by atoms with Crippen LogP contribution in [-0.2, 0) is 0 Å². The number of anilines is 2. The van der Waals surface area contributed by atoms with E-state index in [1.165, 1.54) is 12.5 Å². The summed E-state index contributed by atoms with van der Waals surface area (Å²) in [6, 6.07) is 3.48. The minimum Gasteiger partial charge on any atom is -0.476 e. The van der Waals surface area contributed by atoms with Gasteiger partial charge in [0.25, 0.3) is 0 Å². The molecule has 1 unspecified atom stereocenters. The summed E-state index contributed by atoms with van der Waals surface area (Å²) >= 11 is 0. The van der Waals surface area contributed by atoms with E-state index in [0.29, 0.717) is 18.2 Å². The van der Waals surface area contributed by atoms with Crippen molar-refractivity contribution < 1.29 is 4.74 Å². The number of nitriles is 1. The van der Waals surface area contributed by atoms with Gasteiger partial charge in [-0.25, -0.2) is 0 Å². The molecule has 19 heavy (non-hydrogen) atoms. The predicted octanol–water partition coefficient (Wildman–Crippen LogP) is 0.838. The second-order valence-corrected chi connectivity index (χ2v) is 5.01. The van der Waals surface area contributed by atoms with Gasteiger partial charge in [0.15, 0.2) is 0 Å². The summed E-state index contributed by atoms with van der Waals surface area (Å²) in [4.78, 5) is 6.33. The quantitative estimate of drug-likeness (QED) is 0.836. The van der Waals surface area contributed by atoms with Crippen LogP contribution >= 0.6 is 0 Å². The minimum atomic E-state index is 0.244. The van der Waals surface area contributed by atoms with E-state index >= 15 is 0 Å². The first-order chi connectivity index (χ1) is 9.10. The third kappa shape index (κ3) is 3.26. The summed E-state index contributed by atoms with van der Waals surface area (Å²) in [6.45, 7) is 2.66. The van der Waals surface area contributed by atoms with Gasteiger partial charge < -0.3 is 21.1 Å². The van der Waals surface area contributed by atoms with Crippen molar-refractivity contribution in [2.24, 2.45) is 5.92 Å². The first kappa shape index (κ1) is 13.4. The highest BCUT2D eigenvalue weighted by Gasteiger charge is 2.19. The second kappa shape index (κ2) is 5.76. The topological polar surface area (TPSA) is 101 Å². The van der Waals surface area contributed by atoms with Gasteiger partial charge in [-0.1, -0.05) is 0 Å². The first-order valence-corrected chi connectivity index (χ1v) is 6.37. The number of pyridine rings is 1. The molecule has 6 heteroatoms. The molecule has 102 valence electrons. The maximum atomic E-state index is 9.07. The zero-order valence-electron chi connectivity index (χ0n) is 11.1. The molecule has 2 rings (SSSR count). The lowest BCUT2D eigenvalue weighted by Gasteiger charge is -2.29. The Morgan fingerprint density at radius 2 is 2.37 bits per heavy atom. The van der Waals surface area contributed by atoms with Gasteiger partial charge in [-0.15, -0.1) is 0 Å². The number of hydrogen-bond acceptors (Lipinski definition) is 6. The van der Waals surface area contributed by atoms with Gasteiger partial charge >= 0.3 is 0 Å². The molecule has 0 spiro atoms. The molecule has 1 atom stereocenters. The number of piperidine rings is 1. The first-order valence-electron chi connectivity index (χ1n) is 6.37. The van der Waals surface area contributed by atoms with Crippen LogP contribution in [-0.4, -0.2) is 36.6 Å². The molecular weight excluding hydrogens is 242 g/mol. The molecule has 6 nitrogen and oxygen atoms in total. The van der Waals surface area contributed by atoms with Crippen LogP contribution in [0.4, 0.5) is 11.5 Å². The highest BCUT2D eigenvalue weighted by molar-refractivity contribution is 5.62. The second-order valence-electron chi connectivity index (χ2n) is 5.01. The molecule has 0 bridgehead atoms. The molecule has 1 aliphatic rings. The van der Waals surface area contributed by atoms with Gasteiger partial charge in [0, 0.05) is 18.5 Å². The zero-order chi connectivity index (χ0) is 13.8. The van der Waals surface area contributed by atoms with Gasteiger partial charge in [-0.05, 0) is 26.4 Å². The molecular formula is C13H19N5O. The molecule has 0 saturated carbocycles. The Labute approximate surface area is 113 Å². The van der Waals surface area contributed by atoms with Crippen LogP contribution < -0.4 is 16.2 Å². The molecule has 0 radical (unpaired) electrons. The van der Waals surface area contributed by atoms with Crippen LogP contribution in [0.15, 0.2) is 6.07 Å². The lowest BCUT2D eigenvalue weighted by Crippen LogP contribution is -2.34. The smallest absolute Gasteiger partial charge is 0.235 e. The van der Waals surface area contributed by atoms with Crippen LogP contribution in [0, 0.1) is 17.2 Å². The molecule has 4 N–H and O–H groups in total. The summed E-state index contributed by atoms with van der Waals surface area (Å²) in [5, 5.41) is 9.07. The van der Waals surface area contributed by atoms with Gasteiger partial charge in [-0.3, -0.25) is 0 Å². The van der Waals surface area contributed by atoms with Gasteiger partial charge in [-0.2, -0.15) is 10.2 Å². The molecule has 1 fully saturated rings. The van der Waals surface area contributed by atoms with Crippen molar-refractivity contribution in [2.75, 3.05) is 38.2 Å². The largest absolute Gasteiger partial charge is 0.476 e. The molecule has 1 saturated heterocycles. The van der Waals surface area contributed by atoms with E-state index in [1.54, 1.807) is 0 Å². The number of nitrogen functional groups attached to an aromatic ring is 2. The van der Waals surface area contributed by atoms with Crippen LogP contribution in [0.5, 0.6) is 5.88 Å². The Morgan fingerprint density at radius 3 is 3.05 bits per heavy atom. The molecule has 0 aromatic carbocycles. The van der Waals surface area contributed by atoms with E-state index in [1.807, 2.05) is 6.07 Å². The minimum absolute atomic E-state index is 0.244. The van der Waals surface area contributed by atoms with Gasteiger partial charge in [0.05, 0.1) is 12.3 Å². The molecule has 1 aromatic heterocycles. The maximum absolute atomic E-state index is 9.07. The fourth-order valence-electron chi connectivity index (χ4n) is 2.38. The SMILES string of the molecule is CN1CCCC(COc2nc(N)cc(N)c2C#N)C1. The fraction of sp³-hybridized carbons (Fsp3) is 0.538. The van der Waals surface area contributed by atoms with E-state index in [-0.39, 0.29) is 17.3 Å². The van der Waals surface area contributed by atoms with Crippen LogP contribution in [0.25, 0.3) is 0 Å². The van der Waals surface area contributed by atoms with Gasteiger partial charge in [0.1, 0.15) is 17.5 Å². The molecule has 1 aromatic rings. The number of nitrogens with zero attached hydrogens (tertiary/aromatic N) is 3. The lowest BCUT2D eigenvalue weighted by atomic mass is 10.00. The van der Waals surface area contributed by atoms with E-state index in [2.05, 4.69) is 16.9 Å². The van der Waals surface area contributed by atoms with E-state index in [4.69, 9.17) is 21.5 Å². The van der Waals surface area contributed by atoms with Crippen LogP contribution in [0.1, 0.15) is 18.4 Å². The Bertz CT molecular complexity index is 497. The summed E-state index contributed by atoms with van der Waals surface area (Å²) in [7, 11) is 2.10. The molecule has 2 heterocycles.